The first-order valence-corrected chi connectivity index (χ1v) is 22.2. The first kappa shape index (κ1) is 35.9. The summed E-state index contributed by atoms with van der Waals surface area (Å²) in [6.07, 6.45) is 0. The Balaban J connectivity index is 1.01. The SMILES string of the molecule is c1ccc(N(c2ccc3c(c2)C2(c4ccccc4-3)c3ccccc3-c3c(N(c4ccccc4)c4ccc5c(c4)oc4ccccc45)cccc32)c2ccc3c(c2)oc2ccccc23)cc1. The highest BCUT2D eigenvalue weighted by atomic mass is 16.3. The van der Waals surface area contributed by atoms with E-state index in [4.69, 9.17) is 8.83 Å². The van der Waals surface area contributed by atoms with Crippen LogP contribution in [0.5, 0.6) is 0 Å². The van der Waals surface area contributed by atoms with Crippen LogP contribution in [0, 0.1) is 0 Å². The molecule has 304 valence electrons. The zero-order valence-corrected chi connectivity index (χ0v) is 35.2. The third-order valence-corrected chi connectivity index (χ3v) is 13.8. The molecule has 0 radical (unpaired) electrons. The molecule has 1 unspecified atom stereocenters. The second kappa shape index (κ2) is 13.7. The molecule has 14 rings (SSSR count). The highest BCUT2D eigenvalue weighted by Crippen LogP contribution is 2.65. The van der Waals surface area contributed by atoms with Crippen LogP contribution in [0.4, 0.5) is 34.1 Å². The minimum atomic E-state index is -0.597. The minimum Gasteiger partial charge on any atom is -0.456 e. The molecule has 65 heavy (non-hydrogen) atoms. The van der Waals surface area contributed by atoms with Gasteiger partial charge in [-0.1, -0.05) is 140 Å². The van der Waals surface area contributed by atoms with E-state index in [2.05, 4.69) is 216 Å². The van der Waals surface area contributed by atoms with Gasteiger partial charge in [0.05, 0.1) is 11.1 Å². The van der Waals surface area contributed by atoms with E-state index in [0.29, 0.717) is 0 Å². The van der Waals surface area contributed by atoms with Gasteiger partial charge in [0.15, 0.2) is 0 Å². The summed E-state index contributed by atoms with van der Waals surface area (Å²) in [4.78, 5) is 4.78. The number of hydrogen-bond donors (Lipinski definition) is 0. The number of anilines is 6. The maximum absolute atomic E-state index is 6.51. The number of hydrogen-bond acceptors (Lipinski definition) is 4. The molecule has 2 aromatic heterocycles. The summed E-state index contributed by atoms with van der Waals surface area (Å²) < 4.78 is 13.0. The summed E-state index contributed by atoms with van der Waals surface area (Å²) >= 11 is 0. The lowest BCUT2D eigenvalue weighted by Crippen LogP contribution is -2.26. The summed E-state index contributed by atoms with van der Waals surface area (Å²) in [6, 6.07) is 83.3. The first-order chi connectivity index (χ1) is 32.2. The van der Waals surface area contributed by atoms with Gasteiger partial charge in [-0.3, -0.25) is 0 Å². The molecular weight excluding hydrogens is 793 g/mol. The van der Waals surface area contributed by atoms with Crippen LogP contribution in [0.15, 0.2) is 239 Å². The summed E-state index contributed by atoms with van der Waals surface area (Å²) in [5.41, 5.74) is 19.4. The van der Waals surface area contributed by atoms with Crippen molar-refractivity contribution in [1.29, 1.82) is 0 Å². The Morgan fingerprint density at radius 2 is 0.738 bits per heavy atom. The third-order valence-electron chi connectivity index (χ3n) is 13.8. The Morgan fingerprint density at radius 1 is 0.277 bits per heavy atom. The summed E-state index contributed by atoms with van der Waals surface area (Å²) in [5, 5.41) is 4.46. The molecule has 12 aromatic rings. The van der Waals surface area contributed by atoms with Gasteiger partial charge in [0, 0.05) is 67.7 Å². The molecule has 4 heteroatoms. The van der Waals surface area contributed by atoms with Gasteiger partial charge in [-0.05, 0) is 118 Å². The lowest BCUT2D eigenvalue weighted by atomic mass is 9.70. The van der Waals surface area contributed by atoms with Crippen LogP contribution in [0.25, 0.3) is 66.1 Å². The van der Waals surface area contributed by atoms with Gasteiger partial charge in [0.1, 0.15) is 22.3 Å². The first-order valence-electron chi connectivity index (χ1n) is 22.2. The third kappa shape index (κ3) is 5.08. The number of benzene rings is 10. The van der Waals surface area contributed by atoms with Crippen LogP contribution in [-0.2, 0) is 5.41 Å². The Morgan fingerprint density at radius 3 is 1.40 bits per heavy atom. The molecule has 2 heterocycles. The fourth-order valence-electron chi connectivity index (χ4n) is 11.2. The van der Waals surface area contributed by atoms with Gasteiger partial charge in [0.25, 0.3) is 0 Å². The topological polar surface area (TPSA) is 32.8 Å². The second-order valence-electron chi connectivity index (χ2n) is 17.2. The predicted octanol–water partition coefficient (Wildman–Crippen LogP) is 16.8. The quantitative estimate of drug-likeness (QED) is 0.167. The molecule has 2 aliphatic rings. The Hall–Kier alpha value is -8.60. The van der Waals surface area contributed by atoms with Gasteiger partial charge in [-0.2, -0.15) is 0 Å². The number of nitrogens with zero attached hydrogens (tertiary/aromatic N) is 2. The van der Waals surface area contributed by atoms with Crippen LogP contribution < -0.4 is 9.80 Å². The van der Waals surface area contributed by atoms with Crippen molar-refractivity contribution in [1.82, 2.24) is 0 Å². The average molecular weight is 831 g/mol. The average Bonchev–Trinajstić information content (AvgIpc) is 4.10. The molecule has 1 spiro atoms. The number of rotatable bonds is 6. The standard InChI is InChI=1S/C61H38N2O2/c1-3-16-39(17-4-1)62(42-31-34-48-46-21-9-13-28-56(46)64-58(48)37-42)41-30-33-45-44-20-7-11-24-51(44)61(54(45)36-41)52-25-12-8-23-50(52)60-53(61)26-15-27-55(60)63(40-18-5-2-6-19-40)43-32-35-49-47-22-10-14-29-57(47)65-59(49)38-43/h1-38H. The molecule has 0 saturated heterocycles. The minimum absolute atomic E-state index is 0.597. The van der Waals surface area contributed by atoms with Crippen LogP contribution in [0.1, 0.15) is 22.3 Å². The maximum Gasteiger partial charge on any atom is 0.137 e. The summed E-state index contributed by atoms with van der Waals surface area (Å²) in [5.74, 6) is 0. The Bertz CT molecular complexity index is 3860. The maximum atomic E-state index is 6.51. The molecular formula is C61H38N2O2. The smallest absolute Gasteiger partial charge is 0.137 e. The predicted molar refractivity (Wildman–Crippen MR) is 267 cm³/mol. The van der Waals surface area contributed by atoms with E-state index in [-0.39, 0.29) is 0 Å². The molecule has 0 saturated carbocycles. The van der Waals surface area contributed by atoms with Crippen molar-refractivity contribution >= 4 is 78.0 Å². The Kier molecular flexibility index (Phi) is 7.57. The molecule has 0 bridgehead atoms. The van der Waals surface area contributed by atoms with Crippen molar-refractivity contribution < 1.29 is 8.83 Å². The molecule has 1 atom stereocenters. The molecule has 0 N–H and O–H groups in total. The van der Waals surface area contributed by atoms with Gasteiger partial charge < -0.3 is 18.6 Å². The van der Waals surface area contributed by atoms with Crippen LogP contribution in [0.3, 0.4) is 0 Å². The molecule has 0 aliphatic heterocycles. The van der Waals surface area contributed by atoms with Crippen LogP contribution in [-0.4, -0.2) is 0 Å². The van der Waals surface area contributed by atoms with Crippen LogP contribution in [0.2, 0.25) is 0 Å². The monoisotopic (exact) mass is 830 g/mol. The van der Waals surface area contributed by atoms with E-state index in [9.17, 15) is 0 Å². The van der Waals surface area contributed by atoms with E-state index < -0.39 is 5.41 Å². The fraction of sp³-hybridized carbons (Fsp3) is 0.0164. The van der Waals surface area contributed by atoms with E-state index in [0.717, 1.165) is 78.0 Å². The highest BCUT2D eigenvalue weighted by Gasteiger charge is 2.52. The highest BCUT2D eigenvalue weighted by molar-refractivity contribution is 6.08. The van der Waals surface area contributed by atoms with Crippen LogP contribution >= 0.6 is 0 Å². The van der Waals surface area contributed by atoms with E-state index in [1.165, 1.54) is 44.5 Å². The number of furan rings is 2. The van der Waals surface area contributed by atoms with Gasteiger partial charge >= 0.3 is 0 Å². The molecule has 10 aromatic carbocycles. The zero-order valence-electron chi connectivity index (χ0n) is 35.2. The molecule has 2 aliphatic carbocycles. The van der Waals surface area contributed by atoms with E-state index >= 15 is 0 Å². The molecule has 4 nitrogen and oxygen atoms in total. The van der Waals surface area contributed by atoms with Crippen molar-refractivity contribution in [2.75, 3.05) is 9.80 Å². The zero-order chi connectivity index (χ0) is 42.6. The molecule has 0 amide bonds. The lowest BCUT2D eigenvalue weighted by Gasteiger charge is -2.33. The van der Waals surface area contributed by atoms with Crippen molar-refractivity contribution in [2.24, 2.45) is 0 Å². The second-order valence-corrected chi connectivity index (χ2v) is 17.2. The van der Waals surface area contributed by atoms with Crippen molar-refractivity contribution in [3.63, 3.8) is 0 Å². The largest absolute Gasteiger partial charge is 0.456 e. The number of para-hydroxylation sites is 4. The summed E-state index contributed by atoms with van der Waals surface area (Å²) in [6.45, 7) is 0. The van der Waals surface area contributed by atoms with Crippen molar-refractivity contribution in [2.45, 2.75) is 5.41 Å². The van der Waals surface area contributed by atoms with E-state index in [1.807, 2.05) is 24.3 Å². The normalized spacial score (nSPS) is 14.5. The number of fused-ring (bicyclic) bond motifs is 16. The molecule has 0 fully saturated rings. The summed E-state index contributed by atoms with van der Waals surface area (Å²) in [7, 11) is 0. The van der Waals surface area contributed by atoms with Crippen molar-refractivity contribution in [3.8, 4) is 22.3 Å². The van der Waals surface area contributed by atoms with Crippen molar-refractivity contribution in [3.05, 3.63) is 253 Å². The van der Waals surface area contributed by atoms with E-state index in [1.54, 1.807) is 0 Å². The fourth-order valence-corrected chi connectivity index (χ4v) is 11.2. The van der Waals surface area contributed by atoms with Gasteiger partial charge in [-0.25, -0.2) is 0 Å². The van der Waals surface area contributed by atoms with Gasteiger partial charge in [0.2, 0.25) is 0 Å². The van der Waals surface area contributed by atoms with Gasteiger partial charge in [-0.15, -0.1) is 0 Å². The lowest BCUT2D eigenvalue weighted by molar-refractivity contribution is 0.668. The Labute approximate surface area is 375 Å².